The summed E-state index contributed by atoms with van der Waals surface area (Å²) in [7, 11) is 1.56. The number of methoxy groups -OCH3 is 1. The van der Waals surface area contributed by atoms with Crippen LogP contribution in [0.2, 0.25) is 0 Å². The number of amides is 2. The Morgan fingerprint density at radius 1 is 1.22 bits per heavy atom. The Kier molecular flexibility index (Phi) is 9.43. The number of H-pyrrole nitrogens is 1. The minimum Gasteiger partial charge on any atom is -0.497 e. The topological polar surface area (TPSA) is 144 Å². The SMILES string of the molecule is CCOC(=O)c1c(NC(=O)CCSc2c(=O)o[nH][n+]2-c2ccc(OC)cc2)sc2c1CCN(C(=O)OC(C)(C)C)C2. The summed E-state index contributed by atoms with van der Waals surface area (Å²) in [5.74, 6) is 0.0881. The molecule has 12 nitrogen and oxygen atoms in total. The van der Waals surface area contributed by atoms with Gasteiger partial charge in [0.25, 0.3) is 0 Å². The number of rotatable bonds is 9. The number of thioether (sulfide) groups is 1. The normalized spacial score (nSPS) is 13.0. The van der Waals surface area contributed by atoms with Gasteiger partial charge in [-0.3, -0.25) is 9.32 Å². The van der Waals surface area contributed by atoms with Gasteiger partial charge in [-0.15, -0.1) is 11.3 Å². The molecule has 2 amide bonds. The summed E-state index contributed by atoms with van der Waals surface area (Å²) in [5.41, 5.74) is 0.558. The second-order valence-electron chi connectivity index (χ2n) is 10.0. The molecule has 0 bridgehead atoms. The number of nitrogens with one attached hydrogen (secondary N) is 2. The maximum Gasteiger partial charge on any atom is 0.442 e. The number of carbonyl (C=O) groups is 3. The number of nitrogens with zero attached hydrogens (tertiary/aromatic N) is 2. The molecule has 14 heteroatoms. The number of carbonyl (C=O) groups excluding carboxylic acids is 3. The van der Waals surface area contributed by atoms with Crippen LogP contribution in [-0.2, 0) is 27.2 Å². The molecular weight excluding hydrogens is 572 g/mol. The average Bonchev–Trinajstić information content (AvgIpc) is 3.47. The summed E-state index contributed by atoms with van der Waals surface area (Å²) in [5, 5.41) is 6.07. The molecule has 0 atom stereocenters. The van der Waals surface area contributed by atoms with E-state index in [0.717, 1.165) is 22.2 Å². The first kappa shape index (κ1) is 30.2. The molecule has 3 aromatic rings. The van der Waals surface area contributed by atoms with Crippen molar-refractivity contribution < 1.29 is 37.8 Å². The fourth-order valence-corrected chi connectivity index (χ4v) is 6.29. The van der Waals surface area contributed by atoms with Crippen LogP contribution in [0.15, 0.2) is 38.6 Å². The van der Waals surface area contributed by atoms with Crippen molar-refractivity contribution in [3.63, 3.8) is 0 Å². The third-order valence-corrected chi connectivity index (χ3v) is 8.11. The Labute approximate surface area is 244 Å². The summed E-state index contributed by atoms with van der Waals surface area (Å²) in [6.45, 7) is 7.95. The third-order valence-electron chi connectivity index (χ3n) is 5.95. The van der Waals surface area contributed by atoms with Crippen molar-refractivity contribution >= 4 is 46.1 Å². The average molecular weight is 606 g/mol. The summed E-state index contributed by atoms with van der Waals surface area (Å²) in [6, 6.07) is 7.04. The van der Waals surface area contributed by atoms with Crippen molar-refractivity contribution in [1.82, 2.24) is 10.2 Å². The van der Waals surface area contributed by atoms with Gasteiger partial charge in [0.05, 0.1) is 25.8 Å². The van der Waals surface area contributed by atoms with Crippen molar-refractivity contribution in [2.24, 2.45) is 0 Å². The first-order valence-corrected chi connectivity index (χ1v) is 14.8. The molecule has 0 unspecified atom stereocenters. The van der Waals surface area contributed by atoms with E-state index in [0.29, 0.717) is 35.0 Å². The van der Waals surface area contributed by atoms with Crippen molar-refractivity contribution in [1.29, 1.82) is 0 Å². The van der Waals surface area contributed by atoms with E-state index in [1.807, 2.05) is 0 Å². The minimum absolute atomic E-state index is 0.0623. The largest absolute Gasteiger partial charge is 0.497 e. The summed E-state index contributed by atoms with van der Waals surface area (Å²) in [4.78, 5) is 53.1. The highest BCUT2D eigenvalue weighted by Gasteiger charge is 2.33. The van der Waals surface area contributed by atoms with Crippen LogP contribution < -0.4 is 20.4 Å². The van der Waals surface area contributed by atoms with Gasteiger partial charge in [-0.05, 0) is 73.5 Å². The minimum atomic E-state index is -0.630. The third kappa shape index (κ3) is 7.30. The number of hydrogen-bond donors (Lipinski definition) is 2. The Hall–Kier alpha value is -3.78. The highest BCUT2D eigenvalue weighted by molar-refractivity contribution is 7.99. The van der Waals surface area contributed by atoms with Crippen molar-refractivity contribution in [2.75, 3.05) is 31.3 Å². The highest BCUT2D eigenvalue weighted by Crippen LogP contribution is 2.38. The van der Waals surface area contributed by atoms with Gasteiger partial charge in [-0.1, -0.05) is 0 Å². The van der Waals surface area contributed by atoms with Crippen LogP contribution in [0, 0.1) is 0 Å². The quantitative estimate of drug-likeness (QED) is 0.211. The van der Waals surface area contributed by atoms with E-state index >= 15 is 0 Å². The number of anilines is 1. The maximum atomic E-state index is 12.9. The number of benzene rings is 1. The number of hydrogen-bond acceptors (Lipinski definition) is 10. The fraction of sp³-hybridized carbons (Fsp3) is 0.444. The zero-order chi connectivity index (χ0) is 29.7. The Morgan fingerprint density at radius 2 is 1.95 bits per heavy atom. The van der Waals surface area contributed by atoms with E-state index in [1.165, 1.54) is 16.0 Å². The van der Waals surface area contributed by atoms with Gasteiger partial charge < -0.3 is 24.4 Å². The van der Waals surface area contributed by atoms with Gasteiger partial charge in [0.1, 0.15) is 16.4 Å². The zero-order valence-electron chi connectivity index (χ0n) is 23.5. The second kappa shape index (κ2) is 12.8. The summed E-state index contributed by atoms with van der Waals surface area (Å²) < 4.78 is 22.4. The molecule has 220 valence electrons. The van der Waals surface area contributed by atoms with E-state index in [9.17, 15) is 19.2 Å². The monoisotopic (exact) mass is 605 g/mol. The van der Waals surface area contributed by atoms with Crippen LogP contribution in [0.1, 0.15) is 54.9 Å². The molecule has 1 aromatic carbocycles. The molecule has 2 N–H and O–H groups in total. The Bertz CT molecular complexity index is 1470. The number of aromatic amines is 1. The number of esters is 1. The maximum absolute atomic E-state index is 12.9. The molecule has 0 aliphatic carbocycles. The Balaban J connectivity index is 1.44. The van der Waals surface area contributed by atoms with Gasteiger partial charge >= 0.3 is 22.7 Å². The number of fused-ring (bicyclic) bond motifs is 1. The van der Waals surface area contributed by atoms with E-state index in [4.69, 9.17) is 18.7 Å². The first-order chi connectivity index (χ1) is 19.5. The molecule has 0 saturated heterocycles. The molecule has 1 aliphatic heterocycles. The van der Waals surface area contributed by atoms with Gasteiger partial charge in [-0.2, -0.15) is 0 Å². The smallest absolute Gasteiger partial charge is 0.442 e. The summed E-state index contributed by atoms with van der Waals surface area (Å²) in [6.07, 6.45) is 0.0600. The molecule has 1 aliphatic rings. The van der Waals surface area contributed by atoms with E-state index in [-0.39, 0.29) is 36.3 Å². The van der Waals surface area contributed by atoms with Crippen LogP contribution in [0.4, 0.5) is 9.80 Å². The van der Waals surface area contributed by atoms with E-state index < -0.39 is 23.3 Å². The molecule has 3 heterocycles. The van der Waals surface area contributed by atoms with Crippen LogP contribution in [-0.4, -0.2) is 59.8 Å². The van der Waals surface area contributed by atoms with Crippen LogP contribution >= 0.6 is 23.1 Å². The van der Waals surface area contributed by atoms with E-state index in [2.05, 4.69) is 10.6 Å². The predicted molar refractivity (Wildman–Crippen MR) is 152 cm³/mol. The van der Waals surface area contributed by atoms with Crippen molar-refractivity contribution in [2.45, 2.75) is 57.7 Å². The van der Waals surface area contributed by atoms with Gasteiger partial charge in [0, 0.05) is 35.7 Å². The number of aromatic nitrogens is 2. The molecule has 0 fully saturated rings. The zero-order valence-corrected chi connectivity index (χ0v) is 25.2. The van der Waals surface area contributed by atoms with Crippen molar-refractivity contribution in [3.05, 3.63) is 50.7 Å². The number of thiophene rings is 1. The van der Waals surface area contributed by atoms with Crippen LogP contribution in [0.5, 0.6) is 5.75 Å². The lowest BCUT2D eigenvalue weighted by Gasteiger charge is -2.30. The lowest BCUT2D eigenvalue weighted by Crippen LogP contribution is -2.39. The second-order valence-corrected chi connectivity index (χ2v) is 12.2. The molecule has 0 saturated carbocycles. The molecule has 0 radical (unpaired) electrons. The standard InChI is InChI=1S/C27H32N4O8S2/c1-6-37-24(33)21-18-11-13-30(26(35)38-27(2,3)4)15-19(18)41-22(21)28-20(32)12-14-40-23-25(34)39-29-31(23)16-7-9-17(36-5)10-8-16/h7-10H,6,11-15H2,1-5H3,(H-,28,29,32,33,34)/p+1. The molecule has 41 heavy (non-hydrogen) atoms. The van der Waals surface area contributed by atoms with Gasteiger partial charge in [-0.25, -0.2) is 14.4 Å². The summed E-state index contributed by atoms with van der Waals surface area (Å²) >= 11 is 2.41. The highest BCUT2D eigenvalue weighted by atomic mass is 32.2. The van der Waals surface area contributed by atoms with Crippen LogP contribution in [0.3, 0.4) is 0 Å². The predicted octanol–water partition coefficient (Wildman–Crippen LogP) is 3.91. The lowest BCUT2D eigenvalue weighted by atomic mass is 10.0. The van der Waals surface area contributed by atoms with Gasteiger partial charge in [0.15, 0.2) is 0 Å². The van der Waals surface area contributed by atoms with Crippen molar-refractivity contribution in [3.8, 4) is 11.4 Å². The molecule has 2 aromatic heterocycles. The lowest BCUT2D eigenvalue weighted by molar-refractivity contribution is -0.704. The molecular formula is C27H33N4O8S2+. The van der Waals surface area contributed by atoms with Gasteiger partial charge in [0.2, 0.25) is 11.6 Å². The van der Waals surface area contributed by atoms with E-state index in [1.54, 1.807) is 64.0 Å². The number of ether oxygens (including phenoxy) is 3. The molecule has 0 spiro atoms. The first-order valence-electron chi connectivity index (χ1n) is 13.0. The molecule has 4 rings (SSSR count). The van der Waals surface area contributed by atoms with Crippen LogP contribution in [0.25, 0.3) is 5.69 Å². The fourth-order valence-electron chi connectivity index (χ4n) is 4.11. The Morgan fingerprint density at radius 3 is 2.61 bits per heavy atom.